The van der Waals surface area contributed by atoms with Crippen LogP contribution in [-0.4, -0.2) is 36.2 Å². The molecule has 0 aromatic carbocycles. The van der Waals surface area contributed by atoms with Crippen molar-refractivity contribution in [3.8, 4) is 6.07 Å². The summed E-state index contributed by atoms with van der Waals surface area (Å²) in [7, 11) is 1.69. The Morgan fingerprint density at radius 2 is 2.44 bits per heavy atom. The molecule has 0 saturated heterocycles. The molecule has 1 N–H and O–H groups in total. The van der Waals surface area contributed by atoms with Crippen molar-refractivity contribution in [3.05, 3.63) is 17.8 Å². The van der Waals surface area contributed by atoms with Gasteiger partial charge in [-0.15, -0.1) is 5.10 Å². The topological polar surface area (TPSA) is 81.9 Å². The highest BCUT2D eigenvalue weighted by atomic mass is 16.2. The van der Waals surface area contributed by atoms with E-state index in [1.165, 1.54) is 6.20 Å². The molecular formula is C10H13N5O. The molecule has 16 heavy (non-hydrogen) atoms. The average molecular weight is 219 g/mol. The number of carbonyl (C=O) groups excluding carboxylic acids is 1. The number of nitriles is 1. The van der Waals surface area contributed by atoms with Crippen LogP contribution in [0.25, 0.3) is 0 Å². The number of likely N-dealkylation sites (N-methyl/N-ethyl adjacent to an activating group) is 2. The predicted molar refractivity (Wildman–Crippen MR) is 58.7 cm³/mol. The van der Waals surface area contributed by atoms with E-state index in [1.54, 1.807) is 18.0 Å². The maximum Gasteiger partial charge on any atom is 0.239 e. The first kappa shape index (κ1) is 11.9. The molecule has 1 rings (SSSR count). The molecule has 0 fully saturated rings. The zero-order valence-electron chi connectivity index (χ0n) is 9.27. The zero-order chi connectivity index (χ0) is 12.0. The van der Waals surface area contributed by atoms with Crippen molar-refractivity contribution in [2.45, 2.75) is 6.92 Å². The van der Waals surface area contributed by atoms with Gasteiger partial charge in [0.25, 0.3) is 0 Å². The molecule has 0 unspecified atom stereocenters. The highest BCUT2D eigenvalue weighted by Crippen LogP contribution is 2.12. The van der Waals surface area contributed by atoms with Gasteiger partial charge in [0.1, 0.15) is 6.07 Å². The lowest BCUT2D eigenvalue weighted by Crippen LogP contribution is -2.35. The fraction of sp³-hybridized carbons (Fsp3) is 0.400. The molecular weight excluding hydrogens is 206 g/mol. The van der Waals surface area contributed by atoms with Gasteiger partial charge in [-0.25, -0.2) is 0 Å². The third-order valence-corrected chi connectivity index (χ3v) is 1.94. The molecule has 0 aliphatic carbocycles. The quantitative estimate of drug-likeness (QED) is 0.766. The Labute approximate surface area is 93.9 Å². The molecule has 84 valence electrons. The van der Waals surface area contributed by atoms with Crippen molar-refractivity contribution in [3.63, 3.8) is 0 Å². The summed E-state index contributed by atoms with van der Waals surface area (Å²) in [5, 5.41) is 19.1. The second kappa shape index (κ2) is 5.66. The molecule has 1 aromatic heterocycles. The van der Waals surface area contributed by atoms with E-state index in [0.29, 0.717) is 17.9 Å². The Balaban J connectivity index is 2.77. The molecule has 0 spiro atoms. The molecule has 0 saturated carbocycles. The lowest BCUT2D eigenvalue weighted by Gasteiger charge is -2.17. The molecule has 6 nitrogen and oxygen atoms in total. The lowest BCUT2D eigenvalue weighted by molar-refractivity contribution is -0.119. The molecule has 0 atom stereocenters. The minimum atomic E-state index is -0.112. The van der Waals surface area contributed by atoms with Gasteiger partial charge in [0.15, 0.2) is 5.82 Å². The number of carbonyl (C=O) groups is 1. The molecule has 0 aliphatic rings. The number of hydrogen-bond donors (Lipinski definition) is 1. The highest BCUT2D eigenvalue weighted by Gasteiger charge is 2.11. The summed E-state index contributed by atoms with van der Waals surface area (Å²) in [4.78, 5) is 12.9. The van der Waals surface area contributed by atoms with Crippen LogP contribution in [0.4, 0.5) is 5.82 Å². The number of aromatic nitrogens is 2. The maximum atomic E-state index is 11.3. The van der Waals surface area contributed by atoms with Crippen LogP contribution < -0.4 is 10.2 Å². The predicted octanol–water partition coefficient (Wildman–Crippen LogP) is -0.0794. The minimum Gasteiger partial charge on any atom is -0.355 e. The van der Waals surface area contributed by atoms with E-state index < -0.39 is 0 Å². The van der Waals surface area contributed by atoms with E-state index >= 15 is 0 Å². The first-order valence-electron chi connectivity index (χ1n) is 4.88. The summed E-state index contributed by atoms with van der Waals surface area (Å²) >= 11 is 0. The van der Waals surface area contributed by atoms with Crippen LogP contribution >= 0.6 is 0 Å². The third-order valence-electron chi connectivity index (χ3n) is 1.94. The van der Waals surface area contributed by atoms with Gasteiger partial charge in [-0.05, 0) is 13.0 Å². The largest absolute Gasteiger partial charge is 0.355 e. The van der Waals surface area contributed by atoms with Gasteiger partial charge in [0.2, 0.25) is 5.91 Å². The Kier molecular flexibility index (Phi) is 4.21. The van der Waals surface area contributed by atoms with E-state index in [9.17, 15) is 4.79 Å². The second-order valence-electron chi connectivity index (χ2n) is 3.19. The van der Waals surface area contributed by atoms with Crippen molar-refractivity contribution in [1.29, 1.82) is 5.26 Å². The second-order valence-corrected chi connectivity index (χ2v) is 3.19. The number of amides is 1. The summed E-state index contributed by atoms with van der Waals surface area (Å²) in [6, 6.07) is 3.57. The molecule has 6 heteroatoms. The van der Waals surface area contributed by atoms with Gasteiger partial charge in [-0.3, -0.25) is 4.79 Å². The van der Waals surface area contributed by atoms with Gasteiger partial charge >= 0.3 is 0 Å². The van der Waals surface area contributed by atoms with Gasteiger partial charge < -0.3 is 10.2 Å². The van der Waals surface area contributed by atoms with E-state index in [0.717, 1.165) is 0 Å². The standard InChI is InChI=1S/C10H13N5O/c1-3-12-9(16)7-15(2)10-8(6-11)4-5-13-14-10/h4-5H,3,7H2,1-2H3,(H,12,16). The average Bonchev–Trinajstić information content (AvgIpc) is 2.29. The van der Waals surface area contributed by atoms with E-state index in [2.05, 4.69) is 15.5 Å². The molecule has 1 heterocycles. The van der Waals surface area contributed by atoms with Crippen LogP contribution in [0.2, 0.25) is 0 Å². The van der Waals surface area contributed by atoms with Gasteiger partial charge in [-0.2, -0.15) is 10.4 Å². The van der Waals surface area contributed by atoms with Crippen molar-refractivity contribution in [1.82, 2.24) is 15.5 Å². The molecule has 1 aromatic rings. The fourth-order valence-electron chi connectivity index (χ4n) is 1.24. The Morgan fingerprint density at radius 1 is 1.69 bits per heavy atom. The van der Waals surface area contributed by atoms with Crippen LogP contribution in [0.5, 0.6) is 0 Å². The summed E-state index contributed by atoms with van der Waals surface area (Å²) in [6.07, 6.45) is 1.45. The van der Waals surface area contributed by atoms with Crippen LogP contribution in [-0.2, 0) is 4.79 Å². The number of nitrogens with one attached hydrogen (secondary N) is 1. The van der Waals surface area contributed by atoms with Crippen LogP contribution in [0.3, 0.4) is 0 Å². The van der Waals surface area contributed by atoms with E-state index in [-0.39, 0.29) is 12.5 Å². The first-order chi connectivity index (χ1) is 7.69. The van der Waals surface area contributed by atoms with Gasteiger partial charge in [0.05, 0.1) is 18.3 Å². The van der Waals surface area contributed by atoms with Gasteiger partial charge in [-0.1, -0.05) is 0 Å². The van der Waals surface area contributed by atoms with Crippen molar-refractivity contribution >= 4 is 11.7 Å². The normalized spacial score (nSPS) is 9.31. The Hall–Kier alpha value is -2.16. The fourth-order valence-corrected chi connectivity index (χ4v) is 1.24. The molecule has 0 radical (unpaired) electrons. The minimum absolute atomic E-state index is 0.112. The Bertz CT molecular complexity index is 412. The number of hydrogen-bond acceptors (Lipinski definition) is 5. The highest BCUT2D eigenvalue weighted by molar-refractivity contribution is 5.81. The SMILES string of the molecule is CCNC(=O)CN(C)c1nnccc1C#N. The monoisotopic (exact) mass is 219 g/mol. The molecule has 0 aliphatic heterocycles. The van der Waals surface area contributed by atoms with Crippen LogP contribution in [0.15, 0.2) is 12.3 Å². The number of anilines is 1. The summed E-state index contributed by atoms with van der Waals surface area (Å²) in [6.45, 7) is 2.58. The smallest absolute Gasteiger partial charge is 0.239 e. The summed E-state index contributed by atoms with van der Waals surface area (Å²) in [5.41, 5.74) is 0.404. The van der Waals surface area contributed by atoms with Crippen molar-refractivity contribution in [2.75, 3.05) is 25.0 Å². The van der Waals surface area contributed by atoms with Crippen LogP contribution in [0.1, 0.15) is 12.5 Å². The van der Waals surface area contributed by atoms with Crippen LogP contribution in [0, 0.1) is 11.3 Å². The Morgan fingerprint density at radius 3 is 3.06 bits per heavy atom. The van der Waals surface area contributed by atoms with E-state index in [4.69, 9.17) is 5.26 Å². The van der Waals surface area contributed by atoms with Gasteiger partial charge in [0, 0.05) is 13.6 Å². The molecule has 1 amide bonds. The van der Waals surface area contributed by atoms with Crippen molar-refractivity contribution < 1.29 is 4.79 Å². The molecule has 0 bridgehead atoms. The first-order valence-corrected chi connectivity index (χ1v) is 4.88. The van der Waals surface area contributed by atoms with Crippen molar-refractivity contribution in [2.24, 2.45) is 0 Å². The number of nitrogens with zero attached hydrogens (tertiary/aromatic N) is 4. The zero-order valence-corrected chi connectivity index (χ0v) is 9.27. The number of rotatable bonds is 4. The van der Waals surface area contributed by atoms with E-state index in [1.807, 2.05) is 13.0 Å². The lowest BCUT2D eigenvalue weighted by atomic mass is 10.3. The maximum absolute atomic E-state index is 11.3. The third kappa shape index (κ3) is 2.92. The summed E-state index contributed by atoms with van der Waals surface area (Å²) in [5.74, 6) is 0.302. The summed E-state index contributed by atoms with van der Waals surface area (Å²) < 4.78 is 0.